The fourth-order valence-corrected chi connectivity index (χ4v) is 1.67. The molecule has 0 aliphatic heterocycles. The Balaban J connectivity index is 1.98. The van der Waals surface area contributed by atoms with E-state index >= 15 is 0 Å². The number of carboxylic acids is 1. The van der Waals surface area contributed by atoms with Crippen molar-refractivity contribution in [1.82, 2.24) is 16.0 Å². The van der Waals surface area contributed by atoms with Gasteiger partial charge >= 0.3 is 12.0 Å². The molecule has 0 saturated heterocycles. The number of carbonyl (C=O) groups excluding carboxylic acids is 2. The van der Waals surface area contributed by atoms with Crippen LogP contribution < -0.4 is 16.0 Å². The molecule has 0 fully saturated rings. The van der Waals surface area contributed by atoms with E-state index in [-0.39, 0.29) is 25.4 Å². The Kier molecular flexibility index (Phi) is 8.17. The van der Waals surface area contributed by atoms with E-state index in [1.54, 1.807) is 12.1 Å². The summed E-state index contributed by atoms with van der Waals surface area (Å²) in [5.41, 5.74) is 0. The number of aliphatic carboxylic acids is 1. The summed E-state index contributed by atoms with van der Waals surface area (Å²) in [4.78, 5) is 33.2. The molecule has 0 saturated carbocycles. The molecular weight excluding hydrogens is 290 g/mol. The number of nitrogens with one attached hydrogen (secondary N) is 3. The Morgan fingerprint density at radius 1 is 1.09 bits per heavy atom. The Morgan fingerprint density at radius 3 is 2.59 bits per heavy atom. The molecular formula is C14H21N3O5. The van der Waals surface area contributed by atoms with Gasteiger partial charge in [0.15, 0.2) is 0 Å². The lowest BCUT2D eigenvalue weighted by Gasteiger charge is -2.07. The van der Waals surface area contributed by atoms with Crippen molar-refractivity contribution in [3.8, 4) is 0 Å². The number of carboxylic acid groups (broad SMARTS) is 1. The van der Waals surface area contributed by atoms with Crippen molar-refractivity contribution < 1.29 is 23.9 Å². The summed E-state index contributed by atoms with van der Waals surface area (Å²) in [7, 11) is 0. The van der Waals surface area contributed by atoms with Gasteiger partial charge in [0.05, 0.1) is 19.4 Å². The van der Waals surface area contributed by atoms with Crippen LogP contribution in [-0.4, -0.2) is 36.1 Å². The number of rotatable bonds is 10. The van der Waals surface area contributed by atoms with Crippen LogP contribution in [0.25, 0.3) is 0 Å². The Labute approximate surface area is 128 Å². The molecule has 0 aromatic carbocycles. The van der Waals surface area contributed by atoms with Gasteiger partial charge in [-0.2, -0.15) is 0 Å². The second kappa shape index (κ2) is 10.3. The Bertz CT molecular complexity index is 473. The average molecular weight is 311 g/mol. The van der Waals surface area contributed by atoms with E-state index in [1.807, 2.05) is 0 Å². The number of amides is 3. The molecule has 3 amide bonds. The van der Waals surface area contributed by atoms with Crippen molar-refractivity contribution in [3.05, 3.63) is 24.2 Å². The largest absolute Gasteiger partial charge is 0.481 e. The summed E-state index contributed by atoms with van der Waals surface area (Å²) in [5.74, 6) is -0.471. The van der Waals surface area contributed by atoms with E-state index in [0.717, 1.165) is 6.42 Å². The predicted molar refractivity (Wildman–Crippen MR) is 78.1 cm³/mol. The van der Waals surface area contributed by atoms with E-state index < -0.39 is 12.0 Å². The van der Waals surface area contributed by atoms with Crippen LogP contribution in [0.5, 0.6) is 0 Å². The minimum absolute atomic E-state index is 0.112. The predicted octanol–water partition coefficient (Wildman–Crippen LogP) is 0.840. The van der Waals surface area contributed by atoms with Crippen molar-refractivity contribution >= 4 is 17.9 Å². The molecule has 8 nitrogen and oxygen atoms in total. The van der Waals surface area contributed by atoms with Crippen molar-refractivity contribution in [1.29, 1.82) is 0 Å². The van der Waals surface area contributed by atoms with E-state index in [2.05, 4.69) is 16.0 Å². The molecule has 0 unspecified atom stereocenters. The maximum atomic E-state index is 11.5. The molecule has 0 atom stereocenters. The lowest BCUT2D eigenvalue weighted by Crippen LogP contribution is -2.41. The first kappa shape index (κ1) is 17.5. The van der Waals surface area contributed by atoms with Crippen LogP contribution in [0.4, 0.5) is 4.79 Å². The molecule has 0 spiro atoms. The van der Waals surface area contributed by atoms with E-state index in [4.69, 9.17) is 9.52 Å². The number of furan rings is 1. The number of urea groups is 1. The van der Waals surface area contributed by atoms with Gasteiger partial charge in [-0.15, -0.1) is 0 Å². The summed E-state index contributed by atoms with van der Waals surface area (Å²) in [6.45, 7) is 0.608. The van der Waals surface area contributed by atoms with Crippen LogP contribution in [0, 0.1) is 0 Å². The zero-order chi connectivity index (χ0) is 16.2. The average Bonchev–Trinajstić information content (AvgIpc) is 2.99. The summed E-state index contributed by atoms with van der Waals surface area (Å²) < 4.78 is 5.05. The number of unbranched alkanes of at least 4 members (excludes halogenated alkanes) is 2. The van der Waals surface area contributed by atoms with Crippen LogP contribution in [-0.2, 0) is 16.1 Å². The SMILES string of the molecule is O=C(O)CCCCCNC(=O)CNC(=O)NCc1ccco1. The van der Waals surface area contributed by atoms with Crippen LogP contribution in [0.3, 0.4) is 0 Å². The first-order valence-corrected chi connectivity index (χ1v) is 7.10. The summed E-state index contributed by atoms with van der Waals surface area (Å²) >= 11 is 0. The van der Waals surface area contributed by atoms with Gasteiger partial charge in [-0.3, -0.25) is 9.59 Å². The van der Waals surface area contributed by atoms with Gasteiger partial charge < -0.3 is 25.5 Å². The maximum absolute atomic E-state index is 11.5. The van der Waals surface area contributed by atoms with E-state index in [9.17, 15) is 14.4 Å². The molecule has 4 N–H and O–H groups in total. The van der Waals surface area contributed by atoms with Crippen molar-refractivity contribution in [2.45, 2.75) is 32.2 Å². The summed E-state index contributed by atoms with van der Waals surface area (Å²) in [6, 6.07) is 3.00. The van der Waals surface area contributed by atoms with Crippen LogP contribution in [0.1, 0.15) is 31.4 Å². The first-order chi connectivity index (χ1) is 10.6. The molecule has 0 bridgehead atoms. The first-order valence-electron chi connectivity index (χ1n) is 7.10. The highest BCUT2D eigenvalue weighted by Crippen LogP contribution is 1.99. The third-order valence-corrected chi connectivity index (χ3v) is 2.80. The number of hydrogen-bond acceptors (Lipinski definition) is 4. The normalized spacial score (nSPS) is 10.0. The molecule has 0 aliphatic carbocycles. The standard InChI is InChI=1S/C14H21N3O5/c18-12(15-7-3-1-2-6-13(19)20)10-17-14(21)16-9-11-5-4-8-22-11/h4-5,8H,1-3,6-7,9-10H2,(H,15,18)(H,19,20)(H2,16,17,21). The lowest BCUT2D eigenvalue weighted by atomic mass is 10.2. The molecule has 122 valence electrons. The topological polar surface area (TPSA) is 121 Å². The van der Waals surface area contributed by atoms with Crippen molar-refractivity contribution in [2.75, 3.05) is 13.1 Å². The molecule has 0 aliphatic rings. The van der Waals surface area contributed by atoms with E-state index in [1.165, 1.54) is 6.26 Å². The fraction of sp³-hybridized carbons (Fsp3) is 0.500. The van der Waals surface area contributed by atoms with Gasteiger partial charge in [0.1, 0.15) is 5.76 Å². The molecule has 1 aromatic rings. The molecule has 22 heavy (non-hydrogen) atoms. The van der Waals surface area contributed by atoms with Crippen LogP contribution in [0.15, 0.2) is 22.8 Å². The minimum atomic E-state index is -0.811. The summed E-state index contributed by atoms with van der Waals surface area (Å²) in [6.07, 6.45) is 3.70. The number of carbonyl (C=O) groups is 3. The molecule has 1 aromatic heterocycles. The summed E-state index contributed by atoms with van der Waals surface area (Å²) in [5, 5.41) is 16.1. The number of hydrogen-bond donors (Lipinski definition) is 4. The zero-order valence-corrected chi connectivity index (χ0v) is 12.3. The monoisotopic (exact) mass is 311 g/mol. The quantitative estimate of drug-likeness (QED) is 0.477. The van der Waals surface area contributed by atoms with E-state index in [0.29, 0.717) is 25.1 Å². The fourth-order valence-electron chi connectivity index (χ4n) is 1.67. The van der Waals surface area contributed by atoms with Gasteiger partial charge in [0, 0.05) is 13.0 Å². The Hall–Kier alpha value is -2.51. The van der Waals surface area contributed by atoms with Gasteiger partial charge in [0.2, 0.25) is 5.91 Å². The molecule has 0 radical (unpaired) electrons. The zero-order valence-electron chi connectivity index (χ0n) is 12.3. The van der Waals surface area contributed by atoms with Gasteiger partial charge in [-0.05, 0) is 25.0 Å². The molecule has 1 heterocycles. The van der Waals surface area contributed by atoms with Gasteiger partial charge in [-0.1, -0.05) is 6.42 Å². The highest BCUT2D eigenvalue weighted by atomic mass is 16.4. The van der Waals surface area contributed by atoms with Gasteiger partial charge in [0.25, 0.3) is 0 Å². The highest BCUT2D eigenvalue weighted by molar-refractivity contribution is 5.83. The van der Waals surface area contributed by atoms with Gasteiger partial charge in [-0.25, -0.2) is 4.79 Å². The van der Waals surface area contributed by atoms with Crippen molar-refractivity contribution in [3.63, 3.8) is 0 Å². The molecule has 1 rings (SSSR count). The van der Waals surface area contributed by atoms with Crippen LogP contribution >= 0.6 is 0 Å². The highest BCUT2D eigenvalue weighted by Gasteiger charge is 2.05. The Morgan fingerprint density at radius 2 is 1.91 bits per heavy atom. The van der Waals surface area contributed by atoms with Crippen molar-refractivity contribution in [2.24, 2.45) is 0 Å². The third-order valence-electron chi connectivity index (χ3n) is 2.80. The second-order valence-electron chi connectivity index (χ2n) is 4.67. The molecule has 8 heteroatoms. The third kappa shape index (κ3) is 8.62. The smallest absolute Gasteiger partial charge is 0.315 e. The van der Waals surface area contributed by atoms with Crippen LogP contribution in [0.2, 0.25) is 0 Å². The lowest BCUT2D eigenvalue weighted by molar-refractivity contribution is -0.137. The second-order valence-corrected chi connectivity index (χ2v) is 4.67. The maximum Gasteiger partial charge on any atom is 0.315 e. The minimum Gasteiger partial charge on any atom is -0.481 e.